The van der Waals surface area contributed by atoms with Crippen molar-refractivity contribution < 1.29 is 14.3 Å². The molecule has 5 rings (SSSR count). The van der Waals surface area contributed by atoms with Gasteiger partial charge in [-0.3, -0.25) is 14.9 Å². The molecule has 1 atom stereocenters. The minimum Gasteiger partial charge on any atom is -0.457 e. The Morgan fingerprint density at radius 3 is 2.35 bits per heavy atom. The number of benzene rings is 3. The highest BCUT2D eigenvalue weighted by Gasteiger charge is 2.33. The Morgan fingerprint density at radius 1 is 0.912 bits per heavy atom. The molecule has 1 heterocycles. The smallest absolute Gasteiger partial charge is 0.257 e. The van der Waals surface area contributed by atoms with E-state index in [0.717, 1.165) is 22.7 Å². The predicted octanol–water partition coefficient (Wildman–Crippen LogP) is 6.51. The second-order valence-corrected chi connectivity index (χ2v) is 9.33. The summed E-state index contributed by atoms with van der Waals surface area (Å²) in [6, 6.07) is 23.4. The van der Waals surface area contributed by atoms with Crippen LogP contribution in [0.5, 0.6) is 11.5 Å². The number of fused-ring (bicyclic) bond motifs is 1. The minimum absolute atomic E-state index is 0.114. The second-order valence-electron chi connectivity index (χ2n) is 7.81. The number of para-hydroxylation sites is 1. The Labute approximate surface area is 205 Å². The maximum absolute atomic E-state index is 13.0. The summed E-state index contributed by atoms with van der Waals surface area (Å²) in [7, 11) is 0. The van der Waals surface area contributed by atoms with Crippen LogP contribution >= 0.6 is 22.9 Å². The lowest BCUT2D eigenvalue weighted by Crippen LogP contribution is -2.20. The van der Waals surface area contributed by atoms with E-state index in [2.05, 4.69) is 15.6 Å². The van der Waals surface area contributed by atoms with Crippen LogP contribution in [0, 0.1) is 0 Å². The molecule has 1 aliphatic rings. The largest absolute Gasteiger partial charge is 0.457 e. The van der Waals surface area contributed by atoms with Gasteiger partial charge in [0.15, 0.2) is 5.13 Å². The number of amides is 2. The lowest BCUT2D eigenvalue weighted by atomic mass is 10.1. The maximum Gasteiger partial charge on any atom is 0.257 e. The van der Waals surface area contributed by atoms with Gasteiger partial charge in [-0.15, -0.1) is 11.3 Å². The molecule has 1 aromatic heterocycles. The zero-order chi connectivity index (χ0) is 23.5. The summed E-state index contributed by atoms with van der Waals surface area (Å²) in [4.78, 5) is 31.0. The number of hydrogen-bond acceptors (Lipinski definition) is 5. The average Bonchev–Trinajstić information content (AvgIpc) is 3.41. The van der Waals surface area contributed by atoms with Crippen LogP contribution in [0.15, 0.2) is 78.9 Å². The van der Waals surface area contributed by atoms with E-state index in [1.807, 2.05) is 54.6 Å². The zero-order valence-electron chi connectivity index (χ0n) is 18.0. The molecule has 6 nitrogen and oxygen atoms in total. The van der Waals surface area contributed by atoms with Crippen molar-refractivity contribution in [1.29, 1.82) is 0 Å². The summed E-state index contributed by atoms with van der Waals surface area (Å²) in [5, 5.41) is 6.85. The van der Waals surface area contributed by atoms with Crippen molar-refractivity contribution in [2.45, 2.75) is 18.8 Å². The molecule has 170 valence electrons. The fourth-order valence-corrected chi connectivity index (χ4v) is 4.93. The first kappa shape index (κ1) is 22.1. The van der Waals surface area contributed by atoms with Crippen LogP contribution in [0.3, 0.4) is 0 Å². The highest BCUT2D eigenvalue weighted by Crippen LogP contribution is 2.39. The third-order valence-corrected chi connectivity index (χ3v) is 6.76. The molecule has 0 fully saturated rings. The Kier molecular flexibility index (Phi) is 6.29. The number of nitrogens with one attached hydrogen (secondary N) is 2. The van der Waals surface area contributed by atoms with Crippen LogP contribution < -0.4 is 15.4 Å². The topological polar surface area (TPSA) is 80.3 Å². The van der Waals surface area contributed by atoms with Crippen LogP contribution in [-0.2, 0) is 11.2 Å². The molecule has 0 aliphatic heterocycles. The summed E-state index contributed by atoms with van der Waals surface area (Å²) >= 11 is 7.30. The number of hydrogen-bond donors (Lipinski definition) is 2. The normalized spacial score (nSPS) is 14.3. The van der Waals surface area contributed by atoms with Crippen molar-refractivity contribution in [2.24, 2.45) is 0 Å². The number of halogens is 1. The molecule has 0 saturated heterocycles. The Balaban J connectivity index is 1.22. The van der Waals surface area contributed by atoms with Crippen molar-refractivity contribution in [3.8, 4) is 11.5 Å². The summed E-state index contributed by atoms with van der Waals surface area (Å²) in [6.07, 6.45) is 1.45. The lowest BCUT2D eigenvalue weighted by molar-refractivity contribution is -0.117. The first-order chi connectivity index (χ1) is 16.5. The fraction of sp³-hybridized carbons (Fsp3) is 0.115. The average molecular weight is 490 g/mol. The molecule has 2 N–H and O–H groups in total. The monoisotopic (exact) mass is 489 g/mol. The van der Waals surface area contributed by atoms with Gasteiger partial charge in [-0.25, -0.2) is 4.98 Å². The van der Waals surface area contributed by atoms with Crippen molar-refractivity contribution in [1.82, 2.24) is 4.98 Å². The maximum atomic E-state index is 13.0. The number of ether oxygens (including phenoxy) is 1. The van der Waals surface area contributed by atoms with Gasteiger partial charge >= 0.3 is 0 Å². The number of carbonyl (C=O) groups is 2. The van der Waals surface area contributed by atoms with Gasteiger partial charge in [-0.1, -0.05) is 29.8 Å². The number of aryl methyl sites for hydroxylation is 1. The van der Waals surface area contributed by atoms with E-state index in [4.69, 9.17) is 16.3 Å². The van der Waals surface area contributed by atoms with E-state index in [1.165, 1.54) is 11.3 Å². The second kappa shape index (κ2) is 9.67. The predicted molar refractivity (Wildman–Crippen MR) is 134 cm³/mol. The van der Waals surface area contributed by atoms with Crippen LogP contribution in [0.25, 0.3) is 0 Å². The van der Waals surface area contributed by atoms with Gasteiger partial charge < -0.3 is 10.1 Å². The molecule has 0 spiro atoms. The van der Waals surface area contributed by atoms with Crippen molar-refractivity contribution in [2.75, 3.05) is 10.6 Å². The third kappa shape index (κ3) is 4.95. The van der Waals surface area contributed by atoms with E-state index in [1.54, 1.807) is 24.3 Å². The molecule has 34 heavy (non-hydrogen) atoms. The standard InChI is InChI=1S/C26H20ClN3O3S/c27-17-8-6-16(7-9-17)24(31)30-26-29-23-21(14-15-22(23)34-26)25(32)28-18-10-12-20(13-11-18)33-19-4-2-1-3-5-19/h1-13,21H,14-15H2,(H,28,32)(H,29,30,31). The zero-order valence-corrected chi connectivity index (χ0v) is 19.5. The minimum atomic E-state index is -0.354. The van der Waals surface area contributed by atoms with E-state index >= 15 is 0 Å². The molecular weight excluding hydrogens is 470 g/mol. The van der Waals surface area contributed by atoms with Crippen LogP contribution in [0.2, 0.25) is 5.02 Å². The Morgan fingerprint density at radius 2 is 1.62 bits per heavy atom. The summed E-state index contributed by atoms with van der Waals surface area (Å²) < 4.78 is 5.79. The van der Waals surface area contributed by atoms with Gasteiger partial charge in [-0.2, -0.15) is 0 Å². The number of anilines is 2. The van der Waals surface area contributed by atoms with E-state index in [-0.39, 0.29) is 17.7 Å². The van der Waals surface area contributed by atoms with Crippen LogP contribution in [0.1, 0.15) is 33.3 Å². The molecule has 0 radical (unpaired) electrons. The van der Waals surface area contributed by atoms with Gasteiger partial charge in [0.1, 0.15) is 11.5 Å². The SMILES string of the molecule is O=C(Nc1nc2c(s1)CCC2C(=O)Nc1ccc(Oc2ccccc2)cc1)c1ccc(Cl)cc1. The van der Waals surface area contributed by atoms with Gasteiger partial charge in [0, 0.05) is 21.2 Å². The Hall–Kier alpha value is -3.68. The van der Waals surface area contributed by atoms with Gasteiger partial charge in [0.25, 0.3) is 5.91 Å². The van der Waals surface area contributed by atoms with E-state index in [9.17, 15) is 9.59 Å². The van der Waals surface area contributed by atoms with Gasteiger partial charge in [-0.05, 0) is 73.5 Å². The van der Waals surface area contributed by atoms with Gasteiger partial charge in [0.2, 0.25) is 5.91 Å². The first-order valence-corrected chi connectivity index (χ1v) is 11.9. The third-order valence-electron chi connectivity index (χ3n) is 5.46. The lowest BCUT2D eigenvalue weighted by Gasteiger charge is -2.12. The molecule has 0 saturated carbocycles. The molecule has 8 heteroatoms. The number of aromatic nitrogens is 1. The number of thiazole rings is 1. The quantitative estimate of drug-likeness (QED) is 0.323. The molecule has 1 unspecified atom stereocenters. The van der Waals surface area contributed by atoms with Crippen molar-refractivity contribution in [3.63, 3.8) is 0 Å². The number of carbonyl (C=O) groups excluding carboxylic acids is 2. The summed E-state index contributed by atoms with van der Waals surface area (Å²) in [6.45, 7) is 0. The van der Waals surface area contributed by atoms with E-state index in [0.29, 0.717) is 33.6 Å². The summed E-state index contributed by atoms with van der Waals surface area (Å²) in [5.74, 6) is 0.708. The first-order valence-electron chi connectivity index (χ1n) is 10.8. The molecule has 3 aromatic carbocycles. The fourth-order valence-electron chi connectivity index (χ4n) is 3.77. The van der Waals surface area contributed by atoms with Crippen LogP contribution in [0.4, 0.5) is 10.8 Å². The Bertz CT molecular complexity index is 1320. The molecule has 0 bridgehead atoms. The molecule has 4 aromatic rings. The van der Waals surface area contributed by atoms with Crippen LogP contribution in [-0.4, -0.2) is 16.8 Å². The van der Waals surface area contributed by atoms with Gasteiger partial charge in [0.05, 0.1) is 11.6 Å². The number of nitrogens with zero attached hydrogens (tertiary/aromatic N) is 1. The molecule has 1 aliphatic carbocycles. The molecular formula is C26H20ClN3O3S. The van der Waals surface area contributed by atoms with Crippen molar-refractivity contribution in [3.05, 3.63) is 100 Å². The molecule has 2 amide bonds. The highest BCUT2D eigenvalue weighted by atomic mass is 35.5. The van der Waals surface area contributed by atoms with E-state index < -0.39 is 0 Å². The number of rotatable bonds is 6. The highest BCUT2D eigenvalue weighted by molar-refractivity contribution is 7.16. The summed E-state index contributed by atoms with van der Waals surface area (Å²) in [5.41, 5.74) is 1.91. The van der Waals surface area contributed by atoms with Crippen molar-refractivity contribution >= 4 is 45.6 Å².